The van der Waals surface area contributed by atoms with Crippen LogP contribution in [0.2, 0.25) is 0 Å². The number of hydrogen-bond acceptors (Lipinski definition) is 2. The lowest BCUT2D eigenvalue weighted by Crippen LogP contribution is -1.97. The molecule has 25 heavy (non-hydrogen) atoms. The Balaban J connectivity index is 2.13. The first kappa shape index (κ1) is 17.6. The first-order valence-electron chi connectivity index (χ1n) is 8.42. The minimum Gasteiger partial charge on any atom is -0.478 e. The van der Waals surface area contributed by atoms with E-state index in [1.54, 1.807) is 12.1 Å². The summed E-state index contributed by atoms with van der Waals surface area (Å²) in [4.78, 5) is 13.4. The Morgan fingerprint density at radius 2 is 1.68 bits per heavy atom. The third-order valence-electron chi connectivity index (χ3n) is 4.60. The first-order valence-corrected chi connectivity index (χ1v) is 9.24. The van der Waals surface area contributed by atoms with Crippen LogP contribution < -0.4 is 0 Å². The molecule has 2 aliphatic rings. The molecule has 0 heterocycles. The average Bonchev–Trinajstić information content (AvgIpc) is 2.77. The highest BCUT2D eigenvalue weighted by Gasteiger charge is 2.18. The highest BCUT2D eigenvalue weighted by Crippen LogP contribution is 2.42. The fraction of sp³-hybridized carbons (Fsp3) is 0.227. The normalized spacial score (nSPS) is 11.2. The lowest BCUT2D eigenvalue weighted by atomic mass is 10.0. The van der Waals surface area contributed by atoms with Gasteiger partial charge in [-0.05, 0) is 65.8 Å². The summed E-state index contributed by atoms with van der Waals surface area (Å²) in [5, 5.41) is 9.41. The minimum absolute atomic E-state index is 0.349. The van der Waals surface area contributed by atoms with Crippen LogP contribution in [0, 0.1) is 13.8 Å². The van der Waals surface area contributed by atoms with Gasteiger partial charge < -0.3 is 5.11 Å². The summed E-state index contributed by atoms with van der Waals surface area (Å²) in [7, 11) is 0. The molecule has 0 atom stereocenters. The number of aryl methyl sites for hydroxylation is 1. The first-order chi connectivity index (χ1) is 11.9. The number of hydrogen-bond donors (Lipinski definition) is 1. The Bertz CT molecular complexity index is 912. The van der Waals surface area contributed by atoms with Crippen molar-refractivity contribution in [3.63, 3.8) is 0 Å². The Kier molecular flexibility index (Phi) is 4.87. The second-order valence-electron chi connectivity index (χ2n) is 6.68. The Hall–Kier alpha value is -2.26. The number of carbonyl (C=O) groups is 1. The molecule has 1 N–H and O–H groups in total. The third kappa shape index (κ3) is 3.42. The zero-order valence-electron chi connectivity index (χ0n) is 15.0. The van der Waals surface area contributed by atoms with E-state index in [1.165, 1.54) is 39.6 Å². The molecular weight excluding hydrogens is 328 g/mol. The lowest BCUT2D eigenvalue weighted by molar-refractivity contribution is 0.0693. The van der Waals surface area contributed by atoms with Gasteiger partial charge in [-0.25, -0.2) is 4.79 Å². The zero-order valence-corrected chi connectivity index (χ0v) is 15.8. The number of carboxylic acid groups (broad SMARTS) is 1. The van der Waals surface area contributed by atoms with Crippen LogP contribution >= 0.6 is 11.8 Å². The van der Waals surface area contributed by atoms with Gasteiger partial charge in [0.2, 0.25) is 0 Å². The van der Waals surface area contributed by atoms with Crippen molar-refractivity contribution in [2.24, 2.45) is 0 Å². The van der Waals surface area contributed by atoms with Crippen LogP contribution in [-0.4, -0.2) is 11.1 Å². The molecular formula is C22H22O2S. The van der Waals surface area contributed by atoms with Crippen molar-refractivity contribution >= 4 is 17.7 Å². The summed E-state index contributed by atoms with van der Waals surface area (Å²) >= 11 is 1.53. The zero-order chi connectivity index (χ0) is 18.1. The monoisotopic (exact) mass is 350 g/mol. The number of aromatic carboxylic acids is 1. The summed E-state index contributed by atoms with van der Waals surface area (Å²) in [5.41, 5.74) is 6.60. The number of benzene rings is 1. The molecule has 1 aromatic carbocycles. The fourth-order valence-electron chi connectivity index (χ4n) is 3.01. The van der Waals surface area contributed by atoms with Gasteiger partial charge in [-0.3, -0.25) is 0 Å². The van der Waals surface area contributed by atoms with Crippen molar-refractivity contribution in [1.82, 2.24) is 0 Å². The molecule has 0 fully saturated rings. The van der Waals surface area contributed by atoms with E-state index in [0.29, 0.717) is 11.5 Å². The molecule has 0 saturated carbocycles. The third-order valence-corrected chi connectivity index (χ3v) is 5.82. The van der Waals surface area contributed by atoms with E-state index in [0.717, 1.165) is 9.79 Å². The second kappa shape index (κ2) is 6.93. The topological polar surface area (TPSA) is 37.3 Å². The Morgan fingerprint density at radius 3 is 2.36 bits per heavy atom. The summed E-state index contributed by atoms with van der Waals surface area (Å²) in [5.74, 6) is -0.422. The highest BCUT2D eigenvalue weighted by atomic mass is 32.2. The maximum atomic E-state index is 11.5. The molecule has 0 radical (unpaired) electrons. The van der Waals surface area contributed by atoms with Crippen LogP contribution in [0.4, 0.5) is 0 Å². The van der Waals surface area contributed by atoms with Crippen LogP contribution in [0.5, 0.6) is 0 Å². The van der Waals surface area contributed by atoms with Crippen molar-refractivity contribution < 1.29 is 9.90 Å². The van der Waals surface area contributed by atoms with Gasteiger partial charge in [0.15, 0.2) is 0 Å². The smallest absolute Gasteiger partial charge is 0.336 e. The molecule has 2 aliphatic carbocycles. The number of rotatable bonds is 4. The number of carboxylic acids is 1. The molecule has 0 aliphatic heterocycles. The Morgan fingerprint density at radius 1 is 0.960 bits per heavy atom. The number of fused-ring (bicyclic) bond motifs is 1. The molecule has 2 nitrogen and oxygen atoms in total. The Labute approximate surface area is 153 Å². The fourth-order valence-corrected chi connectivity index (χ4v) is 4.09. The minimum atomic E-state index is -0.887. The predicted octanol–water partition coefficient (Wildman–Crippen LogP) is 6.38. The molecule has 0 unspecified atom stereocenters. The van der Waals surface area contributed by atoms with E-state index in [1.807, 2.05) is 12.1 Å². The molecule has 0 spiro atoms. The molecule has 1 aromatic rings. The van der Waals surface area contributed by atoms with E-state index in [2.05, 4.69) is 52.0 Å². The molecule has 0 aromatic heterocycles. The van der Waals surface area contributed by atoms with E-state index in [4.69, 9.17) is 0 Å². The predicted molar refractivity (Wildman–Crippen MR) is 104 cm³/mol. The van der Waals surface area contributed by atoms with Crippen molar-refractivity contribution in [2.45, 2.75) is 43.4 Å². The maximum absolute atomic E-state index is 11.5. The van der Waals surface area contributed by atoms with Gasteiger partial charge in [-0.2, -0.15) is 0 Å². The standard InChI is InChI=1S/C22H22O2S/c1-13(2)16-10-9-14(3)18-12-21(15(4)19(18)11-16)25-20-8-6-5-7-17(20)22(23)24/h5-13H,1-4H3,(H,23,24). The van der Waals surface area contributed by atoms with E-state index >= 15 is 0 Å². The highest BCUT2D eigenvalue weighted by molar-refractivity contribution is 7.99. The van der Waals surface area contributed by atoms with Crippen LogP contribution in [0.25, 0.3) is 11.1 Å². The van der Waals surface area contributed by atoms with Crippen molar-refractivity contribution in [3.05, 3.63) is 70.8 Å². The van der Waals surface area contributed by atoms with Crippen molar-refractivity contribution in [1.29, 1.82) is 0 Å². The van der Waals surface area contributed by atoms with Gasteiger partial charge in [-0.1, -0.05) is 55.9 Å². The average molecular weight is 350 g/mol. The maximum Gasteiger partial charge on any atom is 0.336 e. The van der Waals surface area contributed by atoms with Crippen molar-refractivity contribution in [2.75, 3.05) is 0 Å². The summed E-state index contributed by atoms with van der Waals surface area (Å²) in [6.45, 7) is 8.66. The van der Waals surface area contributed by atoms with Crippen LogP contribution in [0.3, 0.4) is 0 Å². The molecule has 3 rings (SSSR count). The van der Waals surface area contributed by atoms with Crippen molar-refractivity contribution in [3.8, 4) is 11.1 Å². The second-order valence-corrected chi connectivity index (χ2v) is 7.76. The van der Waals surface area contributed by atoms with Gasteiger partial charge in [0, 0.05) is 9.79 Å². The van der Waals surface area contributed by atoms with E-state index in [-0.39, 0.29) is 0 Å². The summed E-state index contributed by atoms with van der Waals surface area (Å²) in [6, 6.07) is 16.0. The van der Waals surface area contributed by atoms with Gasteiger partial charge in [-0.15, -0.1) is 0 Å². The van der Waals surface area contributed by atoms with Gasteiger partial charge >= 0.3 is 5.97 Å². The molecule has 0 bridgehead atoms. The molecule has 0 amide bonds. The van der Waals surface area contributed by atoms with Crippen LogP contribution in [0.1, 0.15) is 46.8 Å². The van der Waals surface area contributed by atoms with Gasteiger partial charge in [0.25, 0.3) is 0 Å². The van der Waals surface area contributed by atoms with Gasteiger partial charge in [0.1, 0.15) is 0 Å². The van der Waals surface area contributed by atoms with E-state index in [9.17, 15) is 9.90 Å². The quantitative estimate of drug-likeness (QED) is 0.593. The van der Waals surface area contributed by atoms with Crippen LogP contribution in [-0.2, 0) is 0 Å². The summed E-state index contributed by atoms with van der Waals surface area (Å²) in [6.07, 6.45) is 0. The SMILES string of the molecule is Cc1ccc(C(C)C)cc2c(C)c(Sc3ccccc3C(=O)O)cc1-2. The summed E-state index contributed by atoms with van der Waals surface area (Å²) < 4.78 is 0. The van der Waals surface area contributed by atoms with Crippen LogP contribution in [0.15, 0.2) is 58.3 Å². The molecule has 0 saturated heterocycles. The molecule has 3 heteroatoms. The van der Waals surface area contributed by atoms with E-state index < -0.39 is 5.97 Å². The molecule has 128 valence electrons. The lowest BCUT2D eigenvalue weighted by Gasteiger charge is -2.06. The largest absolute Gasteiger partial charge is 0.478 e. The van der Waals surface area contributed by atoms with Gasteiger partial charge in [0.05, 0.1) is 5.56 Å².